The second-order valence-electron chi connectivity index (χ2n) is 5.61. The first kappa shape index (κ1) is 15.8. The van der Waals surface area contributed by atoms with Gasteiger partial charge < -0.3 is 9.84 Å². The van der Waals surface area contributed by atoms with Crippen molar-refractivity contribution in [1.29, 1.82) is 0 Å². The molecule has 0 radical (unpaired) electrons. The topological polar surface area (TPSA) is 59.4 Å². The van der Waals surface area contributed by atoms with Crippen molar-refractivity contribution in [3.05, 3.63) is 44.9 Å². The second-order valence-corrected chi connectivity index (χ2v) is 7.07. The molecular formula is C15H16ClNO3S. The summed E-state index contributed by atoms with van der Waals surface area (Å²) in [6.45, 7) is 6.32. The van der Waals surface area contributed by atoms with E-state index in [-0.39, 0.29) is 16.9 Å². The SMILES string of the molecule is CC(C)(C)c1cc(OCc2ccncc2Cl)c(C(=O)O)s1. The van der Waals surface area contributed by atoms with Crippen LogP contribution in [0.4, 0.5) is 0 Å². The number of ether oxygens (including phenoxy) is 1. The molecule has 0 atom stereocenters. The Labute approximate surface area is 132 Å². The third-order valence-corrected chi connectivity index (χ3v) is 4.74. The van der Waals surface area contributed by atoms with Gasteiger partial charge in [-0.15, -0.1) is 11.3 Å². The molecule has 0 spiro atoms. The Morgan fingerprint density at radius 2 is 2.19 bits per heavy atom. The van der Waals surface area contributed by atoms with Crippen molar-refractivity contribution in [2.45, 2.75) is 32.8 Å². The van der Waals surface area contributed by atoms with Crippen LogP contribution in [0.5, 0.6) is 5.75 Å². The number of carbonyl (C=O) groups is 1. The molecule has 0 fully saturated rings. The summed E-state index contributed by atoms with van der Waals surface area (Å²) >= 11 is 7.26. The van der Waals surface area contributed by atoms with Crippen molar-refractivity contribution in [3.63, 3.8) is 0 Å². The summed E-state index contributed by atoms with van der Waals surface area (Å²) in [6, 6.07) is 3.54. The number of carboxylic acid groups (broad SMARTS) is 1. The van der Waals surface area contributed by atoms with Crippen LogP contribution in [0, 0.1) is 0 Å². The number of aromatic carboxylic acids is 1. The van der Waals surface area contributed by atoms with E-state index in [1.165, 1.54) is 17.5 Å². The maximum Gasteiger partial charge on any atom is 0.349 e. The summed E-state index contributed by atoms with van der Waals surface area (Å²) in [5.41, 5.74) is 0.650. The van der Waals surface area contributed by atoms with Crippen molar-refractivity contribution in [3.8, 4) is 5.75 Å². The number of thiophene rings is 1. The molecule has 0 saturated carbocycles. The number of halogens is 1. The van der Waals surface area contributed by atoms with Gasteiger partial charge in [-0.2, -0.15) is 0 Å². The van der Waals surface area contributed by atoms with Gasteiger partial charge in [-0.05, 0) is 17.5 Å². The zero-order valence-electron chi connectivity index (χ0n) is 12.0. The maximum absolute atomic E-state index is 11.3. The van der Waals surface area contributed by atoms with E-state index in [1.807, 2.05) is 20.8 Å². The van der Waals surface area contributed by atoms with Crippen LogP contribution in [0.3, 0.4) is 0 Å². The molecule has 1 N–H and O–H groups in total. The number of aromatic nitrogens is 1. The maximum atomic E-state index is 11.3. The number of hydrogen-bond donors (Lipinski definition) is 1. The van der Waals surface area contributed by atoms with Crippen LogP contribution in [0.25, 0.3) is 0 Å². The van der Waals surface area contributed by atoms with E-state index in [4.69, 9.17) is 16.3 Å². The van der Waals surface area contributed by atoms with Crippen LogP contribution in [-0.4, -0.2) is 16.1 Å². The zero-order chi connectivity index (χ0) is 15.6. The summed E-state index contributed by atoms with van der Waals surface area (Å²) in [6.07, 6.45) is 3.16. The summed E-state index contributed by atoms with van der Waals surface area (Å²) in [7, 11) is 0. The van der Waals surface area contributed by atoms with Gasteiger partial charge in [-0.25, -0.2) is 4.79 Å². The normalized spacial score (nSPS) is 11.4. The van der Waals surface area contributed by atoms with Gasteiger partial charge in [0.15, 0.2) is 4.88 Å². The van der Waals surface area contributed by atoms with Crippen LogP contribution < -0.4 is 4.74 Å². The van der Waals surface area contributed by atoms with E-state index in [0.717, 1.165) is 10.4 Å². The minimum absolute atomic E-state index is 0.120. The number of pyridine rings is 1. The van der Waals surface area contributed by atoms with Gasteiger partial charge >= 0.3 is 5.97 Å². The Morgan fingerprint density at radius 1 is 1.48 bits per heavy atom. The van der Waals surface area contributed by atoms with Crippen molar-refractivity contribution in [1.82, 2.24) is 4.98 Å². The molecule has 2 aromatic heterocycles. The standard InChI is InChI=1S/C15H16ClNO3S/c1-15(2,3)12-6-11(13(21-12)14(18)19)20-8-9-4-5-17-7-10(9)16/h4-7H,8H2,1-3H3,(H,18,19). The summed E-state index contributed by atoms with van der Waals surface area (Å²) in [5.74, 6) is -0.600. The Kier molecular flexibility index (Phi) is 4.54. The first-order chi connectivity index (χ1) is 9.79. The van der Waals surface area contributed by atoms with Gasteiger partial charge in [0.05, 0.1) is 5.02 Å². The smallest absolute Gasteiger partial charge is 0.349 e. The molecule has 6 heteroatoms. The van der Waals surface area contributed by atoms with Crippen molar-refractivity contribution in [2.75, 3.05) is 0 Å². The van der Waals surface area contributed by atoms with Gasteiger partial charge in [0, 0.05) is 22.8 Å². The summed E-state index contributed by atoms with van der Waals surface area (Å²) < 4.78 is 5.66. The van der Waals surface area contributed by atoms with Gasteiger partial charge in [0.25, 0.3) is 0 Å². The molecule has 0 saturated heterocycles. The lowest BCUT2D eigenvalue weighted by Gasteiger charge is -2.15. The molecule has 0 unspecified atom stereocenters. The third kappa shape index (κ3) is 3.74. The highest BCUT2D eigenvalue weighted by atomic mass is 35.5. The average Bonchev–Trinajstić information content (AvgIpc) is 2.82. The number of rotatable bonds is 4. The highest BCUT2D eigenvalue weighted by Crippen LogP contribution is 2.37. The summed E-state index contributed by atoms with van der Waals surface area (Å²) in [5, 5.41) is 9.79. The Morgan fingerprint density at radius 3 is 2.76 bits per heavy atom. The van der Waals surface area contributed by atoms with Gasteiger partial charge in [0.2, 0.25) is 0 Å². The lowest BCUT2D eigenvalue weighted by Crippen LogP contribution is -2.08. The second kappa shape index (κ2) is 6.03. The fourth-order valence-electron chi connectivity index (χ4n) is 1.68. The molecular weight excluding hydrogens is 310 g/mol. The fourth-order valence-corrected chi connectivity index (χ4v) is 2.85. The van der Waals surface area contributed by atoms with E-state index in [1.54, 1.807) is 18.3 Å². The zero-order valence-corrected chi connectivity index (χ0v) is 13.6. The van der Waals surface area contributed by atoms with Crippen molar-refractivity contribution < 1.29 is 14.6 Å². The predicted octanol–water partition coefficient (Wildman–Crippen LogP) is 4.37. The number of nitrogens with zero attached hydrogens (tertiary/aromatic N) is 1. The first-order valence-corrected chi connectivity index (χ1v) is 7.57. The van der Waals surface area contributed by atoms with E-state index in [0.29, 0.717) is 10.8 Å². The molecule has 2 rings (SSSR count). The lowest BCUT2D eigenvalue weighted by molar-refractivity contribution is 0.0697. The van der Waals surface area contributed by atoms with E-state index in [9.17, 15) is 9.90 Å². The molecule has 2 aromatic rings. The molecule has 2 heterocycles. The molecule has 21 heavy (non-hydrogen) atoms. The Balaban J connectivity index is 2.25. The predicted molar refractivity (Wildman–Crippen MR) is 83.6 cm³/mol. The number of carboxylic acids is 1. The monoisotopic (exact) mass is 325 g/mol. The van der Waals surface area contributed by atoms with E-state index < -0.39 is 5.97 Å². The van der Waals surface area contributed by atoms with Gasteiger partial charge in [-0.1, -0.05) is 32.4 Å². The number of hydrogen-bond acceptors (Lipinski definition) is 4. The average molecular weight is 326 g/mol. The van der Waals surface area contributed by atoms with Crippen LogP contribution >= 0.6 is 22.9 Å². The fraction of sp³-hybridized carbons (Fsp3) is 0.333. The van der Waals surface area contributed by atoms with Crippen LogP contribution in [0.15, 0.2) is 24.5 Å². The molecule has 0 aliphatic carbocycles. The van der Waals surface area contributed by atoms with Crippen LogP contribution in [0.1, 0.15) is 40.9 Å². The minimum Gasteiger partial charge on any atom is -0.487 e. The van der Waals surface area contributed by atoms with Gasteiger partial charge in [-0.3, -0.25) is 4.98 Å². The molecule has 112 valence electrons. The molecule has 0 aliphatic rings. The minimum atomic E-state index is -0.980. The summed E-state index contributed by atoms with van der Waals surface area (Å²) in [4.78, 5) is 16.4. The Bertz CT molecular complexity index is 661. The third-order valence-electron chi connectivity index (χ3n) is 2.87. The molecule has 0 aromatic carbocycles. The highest BCUT2D eigenvalue weighted by molar-refractivity contribution is 7.14. The van der Waals surface area contributed by atoms with Crippen molar-refractivity contribution >= 4 is 28.9 Å². The quantitative estimate of drug-likeness (QED) is 0.906. The van der Waals surface area contributed by atoms with Crippen LogP contribution in [0.2, 0.25) is 5.02 Å². The molecule has 0 bridgehead atoms. The lowest BCUT2D eigenvalue weighted by atomic mass is 9.95. The molecule has 0 aliphatic heterocycles. The Hall–Kier alpha value is -1.59. The van der Waals surface area contributed by atoms with Crippen LogP contribution in [-0.2, 0) is 12.0 Å². The molecule has 0 amide bonds. The highest BCUT2D eigenvalue weighted by Gasteiger charge is 2.23. The van der Waals surface area contributed by atoms with Gasteiger partial charge in [0.1, 0.15) is 12.4 Å². The molecule has 4 nitrogen and oxygen atoms in total. The van der Waals surface area contributed by atoms with E-state index in [2.05, 4.69) is 4.98 Å². The first-order valence-electron chi connectivity index (χ1n) is 6.38. The van der Waals surface area contributed by atoms with Crippen molar-refractivity contribution in [2.24, 2.45) is 0 Å². The van der Waals surface area contributed by atoms with E-state index >= 15 is 0 Å². The largest absolute Gasteiger partial charge is 0.487 e.